The lowest BCUT2D eigenvalue weighted by molar-refractivity contribution is -0.292. The fourth-order valence-corrected chi connectivity index (χ4v) is 1.47. The first kappa shape index (κ1) is 16.2. The van der Waals surface area contributed by atoms with Gasteiger partial charge in [0.05, 0.1) is 6.61 Å². The molecule has 1 aliphatic heterocycles. The summed E-state index contributed by atoms with van der Waals surface area (Å²) in [7, 11) is 0. The Morgan fingerprint density at radius 3 is 2.17 bits per heavy atom. The van der Waals surface area contributed by atoms with Crippen LogP contribution in [0.25, 0.3) is 0 Å². The highest BCUT2D eigenvalue weighted by Gasteiger charge is 2.47. The average Bonchev–Trinajstić information content (AvgIpc) is 2.28. The third-order valence-electron chi connectivity index (χ3n) is 2.30. The van der Waals surface area contributed by atoms with E-state index in [0.29, 0.717) is 0 Å². The van der Waals surface area contributed by atoms with Crippen molar-refractivity contribution in [3.8, 4) is 0 Å². The van der Waals surface area contributed by atoms with E-state index in [-0.39, 0.29) is 0 Å². The molecule has 0 aromatic heterocycles. The predicted molar refractivity (Wildman–Crippen MR) is 60.1 cm³/mol. The standard InChI is InChI=1S/C8H11Cl3O7/c9-8(10,11)7(16)18-6-5(15)4(14)3(13)2(1-12)17-6/h2-6,12-15H,1H2/t2-,3-,4+,5-,6+/m1/s1. The number of hydrogen-bond acceptors (Lipinski definition) is 7. The number of ether oxygens (including phenoxy) is 2. The van der Waals surface area contributed by atoms with Gasteiger partial charge >= 0.3 is 5.97 Å². The highest BCUT2D eigenvalue weighted by atomic mass is 35.6. The second kappa shape index (κ2) is 6.06. The monoisotopic (exact) mass is 324 g/mol. The van der Waals surface area contributed by atoms with Crippen LogP contribution in [0.15, 0.2) is 0 Å². The number of esters is 1. The Morgan fingerprint density at radius 2 is 1.72 bits per heavy atom. The molecule has 7 nitrogen and oxygen atoms in total. The van der Waals surface area contributed by atoms with Crippen molar-refractivity contribution >= 4 is 40.8 Å². The quantitative estimate of drug-likeness (QED) is 0.368. The molecule has 1 fully saturated rings. The van der Waals surface area contributed by atoms with E-state index in [9.17, 15) is 20.1 Å². The van der Waals surface area contributed by atoms with Crippen LogP contribution in [0, 0.1) is 0 Å². The van der Waals surface area contributed by atoms with Crippen LogP contribution in [0.1, 0.15) is 0 Å². The molecular formula is C8H11Cl3O7. The maximum atomic E-state index is 11.2. The summed E-state index contributed by atoms with van der Waals surface area (Å²) in [6.45, 7) is -0.660. The SMILES string of the molecule is O=C(O[C@@H]1O[C@H](CO)[C@@H](O)[C@H](O)[C@H]1O)C(Cl)(Cl)Cl. The van der Waals surface area contributed by atoms with Crippen LogP contribution < -0.4 is 0 Å². The number of carbonyl (C=O) groups excluding carboxylic acids is 1. The Morgan fingerprint density at radius 1 is 1.17 bits per heavy atom. The van der Waals surface area contributed by atoms with E-state index >= 15 is 0 Å². The van der Waals surface area contributed by atoms with Crippen molar-refractivity contribution in [2.24, 2.45) is 0 Å². The number of rotatable bonds is 2. The molecule has 0 spiro atoms. The van der Waals surface area contributed by atoms with E-state index in [1.54, 1.807) is 0 Å². The molecule has 0 unspecified atom stereocenters. The van der Waals surface area contributed by atoms with Crippen LogP contribution in [0.4, 0.5) is 0 Å². The molecule has 10 heteroatoms. The summed E-state index contributed by atoms with van der Waals surface area (Å²) in [6, 6.07) is 0. The Labute approximate surface area is 117 Å². The Bertz CT molecular complexity index is 306. The van der Waals surface area contributed by atoms with Crippen molar-refractivity contribution in [1.82, 2.24) is 0 Å². The third-order valence-corrected chi connectivity index (χ3v) is 2.77. The molecule has 0 radical (unpaired) electrons. The molecule has 0 amide bonds. The Balaban J connectivity index is 2.74. The number of alkyl halides is 3. The van der Waals surface area contributed by atoms with Gasteiger partial charge in [0.1, 0.15) is 24.4 Å². The summed E-state index contributed by atoms with van der Waals surface area (Å²) in [5, 5.41) is 37.3. The van der Waals surface area contributed by atoms with E-state index < -0.39 is 47.1 Å². The molecule has 0 bridgehead atoms. The molecule has 0 saturated carbocycles. The fourth-order valence-electron chi connectivity index (χ4n) is 1.34. The fraction of sp³-hybridized carbons (Fsp3) is 0.875. The van der Waals surface area contributed by atoms with Crippen LogP contribution >= 0.6 is 34.8 Å². The van der Waals surface area contributed by atoms with Crippen LogP contribution in [-0.2, 0) is 14.3 Å². The third kappa shape index (κ3) is 3.58. The Hall–Kier alpha value is 0.140. The van der Waals surface area contributed by atoms with Gasteiger partial charge in [0.25, 0.3) is 3.79 Å². The summed E-state index contributed by atoms with van der Waals surface area (Å²) in [5.74, 6) is -1.32. The summed E-state index contributed by atoms with van der Waals surface area (Å²) in [5.41, 5.74) is 0. The zero-order valence-corrected chi connectivity index (χ0v) is 11.0. The van der Waals surface area contributed by atoms with Crippen LogP contribution in [-0.4, -0.2) is 67.5 Å². The molecule has 0 aromatic carbocycles. The molecule has 1 aliphatic rings. The first-order valence-corrected chi connectivity index (χ1v) is 5.90. The van der Waals surface area contributed by atoms with Crippen molar-refractivity contribution in [2.75, 3.05) is 6.61 Å². The lowest BCUT2D eigenvalue weighted by Gasteiger charge is -2.39. The minimum Gasteiger partial charge on any atom is -0.430 e. The Kier molecular flexibility index (Phi) is 5.45. The van der Waals surface area contributed by atoms with Crippen molar-refractivity contribution in [1.29, 1.82) is 0 Å². The van der Waals surface area contributed by atoms with Gasteiger partial charge in [-0.15, -0.1) is 0 Å². The van der Waals surface area contributed by atoms with Gasteiger partial charge < -0.3 is 29.9 Å². The molecule has 1 rings (SSSR count). The molecule has 4 N–H and O–H groups in total. The minimum absolute atomic E-state index is 0.660. The van der Waals surface area contributed by atoms with E-state index in [4.69, 9.17) is 44.6 Å². The number of hydrogen-bond donors (Lipinski definition) is 4. The van der Waals surface area contributed by atoms with Gasteiger partial charge in [-0.2, -0.15) is 0 Å². The molecule has 0 aliphatic carbocycles. The predicted octanol–water partition coefficient (Wildman–Crippen LogP) is -1.30. The first-order valence-electron chi connectivity index (χ1n) is 4.76. The lowest BCUT2D eigenvalue weighted by Crippen LogP contribution is -2.59. The minimum atomic E-state index is -2.38. The molecule has 1 saturated heterocycles. The van der Waals surface area contributed by atoms with Crippen LogP contribution in [0.3, 0.4) is 0 Å². The normalized spacial score (nSPS) is 37.4. The second-order valence-electron chi connectivity index (χ2n) is 3.60. The van der Waals surface area contributed by atoms with Gasteiger partial charge in [0, 0.05) is 0 Å². The summed E-state index contributed by atoms with van der Waals surface area (Å²) < 4.78 is 7.02. The van der Waals surface area contributed by atoms with Crippen LogP contribution in [0.5, 0.6) is 0 Å². The smallest absolute Gasteiger partial charge is 0.360 e. The zero-order valence-electron chi connectivity index (χ0n) is 8.74. The number of aliphatic hydroxyl groups is 4. The highest BCUT2D eigenvalue weighted by molar-refractivity contribution is 6.75. The molecule has 18 heavy (non-hydrogen) atoms. The van der Waals surface area contributed by atoms with Crippen LogP contribution in [0.2, 0.25) is 0 Å². The summed E-state index contributed by atoms with van der Waals surface area (Å²) in [6.07, 6.45) is -7.85. The van der Waals surface area contributed by atoms with E-state index in [0.717, 1.165) is 0 Å². The topological polar surface area (TPSA) is 116 Å². The molecular weight excluding hydrogens is 314 g/mol. The van der Waals surface area contributed by atoms with Crippen molar-refractivity contribution in [2.45, 2.75) is 34.5 Å². The molecule has 5 atom stereocenters. The van der Waals surface area contributed by atoms with Gasteiger partial charge in [-0.1, -0.05) is 34.8 Å². The van der Waals surface area contributed by atoms with Gasteiger partial charge in [0.2, 0.25) is 6.29 Å². The number of aliphatic hydroxyl groups excluding tert-OH is 4. The number of halogens is 3. The average molecular weight is 326 g/mol. The molecule has 1 heterocycles. The highest BCUT2D eigenvalue weighted by Crippen LogP contribution is 2.30. The largest absolute Gasteiger partial charge is 0.430 e. The van der Waals surface area contributed by atoms with E-state index in [2.05, 4.69) is 4.74 Å². The van der Waals surface area contributed by atoms with Gasteiger partial charge in [-0.3, -0.25) is 0 Å². The molecule has 0 aromatic rings. The lowest BCUT2D eigenvalue weighted by atomic mass is 9.99. The maximum absolute atomic E-state index is 11.2. The maximum Gasteiger partial charge on any atom is 0.360 e. The van der Waals surface area contributed by atoms with Gasteiger partial charge in [-0.05, 0) is 0 Å². The van der Waals surface area contributed by atoms with Crippen molar-refractivity contribution in [3.63, 3.8) is 0 Å². The molecule has 106 valence electrons. The van der Waals surface area contributed by atoms with Gasteiger partial charge in [-0.25, -0.2) is 4.79 Å². The second-order valence-corrected chi connectivity index (χ2v) is 5.88. The summed E-state index contributed by atoms with van der Waals surface area (Å²) >= 11 is 15.7. The zero-order chi connectivity index (χ0) is 14.1. The van der Waals surface area contributed by atoms with Crippen molar-refractivity contribution < 1.29 is 34.7 Å². The van der Waals surface area contributed by atoms with E-state index in [1.165, 1.54) is 0 Å². The van der Waals surface area contributed by atoms with Gasteiger partial charge in [0.15, 0.2) is 0 Å². The number of carbonyl (C=O) groups is 1. The summed E-state index contributed by atoms with van der Waals surface area (Å²) in [4.78, 5) is 11.2. The van der Waals surface area contributed by atoms with E-state index in [1.807, 2.05) is 0 Å². The van der Waals surface area contributed by atoms with Crippen molar-refractivity contribution in [3.05, 3.63) is 0 Å². The first-order chi connectivity index (χ1) is 8.18.